The quantitative estimate of drug-likeness (QED) is 0.680. The first kappa shape index (κ1) is 13.4. The molecule has 0 radical (unpaired) electrons. The zero-order valence-electron chi connectivity index (χ0n) is 10.2. The molecule has 14 heavy (non-hydrogen) atoms. The van der Waals surface area contributed by atoms with E-state index >= 15 is 0 Å². The SMILES string of the molecule is CC(NCC(C)N(C)C)C(=O)N(C)C. The number of hydrogen-bond acceptors (Lipinski definition) is 3. The highest BCUT2D eigenvalue weighted by Crippen LogP contribution is 1.92. The molecule has 0 rings (SSSR count). The third-order valence-corrected chi connectivity index (χ3v) is 2.41. The number of nitrogens with one attached hydrogen (secondary N) is 1. The van der Waals surface area contributed by atoms with E-state index in [-0.39, 0.29) is 11.9 Å². The fraction of sp³-hybridized carbons (Fsp3) is 0.900. The molecule has 4 nitrogen and oxygen atoms in total. The molecule has 0 aromatic heterocycles. The third-order valence-electron chi connectivity index (χ3n) is 2.41. The Kier molecular flexibility index (Phi) is 5.72. The van der Waals surface area contributed by atoms with Crippen molar-refractivity contribution < 1.29 is 4.79 Å². The highest BCUT2D eigenvalue weighted by atomic mass is 16.2. The van der Waals surface area contributed by atoms with E-state index in [0.717, 1.165) is 6.54 Å². The first-order valence-electron chi connectivity index (χ1n) is 4.97. The summed E-state index contributed by atoms with van der Waals surface area (Å²) in [5.41, 5.74) is 0. The monoisotopic (exact) mass is 201 g/mol. The molecular formula is C10H23N3O. The van der Waals surface area contributed by atoms with Crippen molar-refractivity contribution in [3.8, 4) is 0 Å². The lowest BCUT2D eigenvalue weighted by Crippen LogP contribution is -2.46. The Bertz CT molecular complexity index is 180. The second kappa shape index (κ2) is 5.98. The molecule has 2 unspecified atom stereocenters. The van der Waals surface area contributed by atoms with Crippen LogP contribution >= 0.6 is 0 Å². The van der Waals surface area contributed by atoms with E-state index in [1.807, 2.05) is 21.0 Å². The Morgan fingerprint density at radius 3 is 2.07 bits per heavy atom. The fourth-order valence-corrected chi connectivity index (χ4v) is 1.00. The van der Waals surface area contributed by atoms with Crippen molar-refractivity contribution in [2.75, 3.05) is 34.7 Å². The van der Waals surface area contributed by atoms with Gasteiger partial charge in [0.25, 0.3) is 0 Å². The second-order valence-corrected chi connectivity index (χ2v) is 4.18. The lowest BCUT2D eigenvalue weighted by atomic mass is 10.2. The normalized spacial score (nSPS) is 15.4. The molecule has 0 aromatic carbocycles. The van der Waals surface area contributed by atoms with Gasteiger partial charge in [-0.2, -0.15) is 0 Å². The summed E-state index contributed by atoms with van der Waals surface area (Å²) in [5, 5.41) is 3.21. The van der Waals surface area contributed by atoms with Gasteiger partial charge < -0.3 is 15.1 Å². The molecule has 0 aromatic rings. The highest BCUT2D eigenvalue weighted by Gasteiger charge is 2.15. The lowest BCUT2D eigenvalue weighted by molar-refractivity contribution is -0.130. The summed E-state index contributed by atoms with van der Waals surface area (Å²) in [4.78, 5) is 15.2. The fourth-order valence-electron chi connectivity index (χ4n) is 1.00. The molecule has 0 heterocycles. The summed E-state index contributed by atoms with van der Waals surface area (Å²) in [6.07, 6.45) is 0. The van der Waals surface area contributed by atoms with Gasteiger partial charge in [-0.15, -0.1) is 0 Å². The summed E-state index contributed by atoms with van der Waals surface area (Å²) in [7, 11) is 7.61. The van der Waals surface area contributed by atoms with Gasteiger partial charge in [-0.25, -0.2) is 0 Å². The Labute approximate surface area is 87.3 Å². The van der Waals surface area contributed by atoms with Crippen LogP contribution in [0.4, 0.5) is 0 Å². The average Bonchev–Trinajstić information content (AvgIpc) is 2.11. The molecule has 0 aliphatic carbocycles. The number of amides is 1. The average molecular weight is 201 g/mol. The number of nitrogens with zero attached hydrogens (tertiary/aromatic N) is 2. The van der Waals surface area contributed by atoms with Crippen LogP contribution in [-0.4, -0.2) is 62.5 Å². The van der Waals surface area contributed by atoms with Crippen LogP contribution in [0.25, 0.3) is 0 Å². The maximum absolute atomic E-state index is 11.5. The number of carbonyl (C=O) groups is 1. The topological polar surface area (TPSA) is 35.6 Å². The van der Waals surface area contributed by atoms with Gasteiger partial charge in [-0.3, -0.25) is 4.79 Å². The van der Waals surface area contributed by atoms with Crippen LogP contribution in [0.5, 0.6) is 0 Å². The Balaban J connectivity index is 3.85. The first-order chi connectivity index (χ1) is 6.36. The molecule has 1 N–H and O–H groups in total. The van der Waals surface area contributed by atoms with Crippen molar-refractivity contribution in [3.05, 3.63) is 0 Å². The standard InChI is InChI=1S/C10H23N3O/c1-8(12(3)4)7-11-9(2)10(14)13(5)6/h8-9,11H,7H2,1-6H3. The molecule has 2 atom stereocenters. The van der Waals surface area contributed by atoms with E-state index in [0.29, 0.717) is 6.04 Å². The number of carbonyl (C=O) groups excluding carboxylic acids is 1. The zero-order valence-corrected chi connectivity index (χ0v) is 10.2. The lowest BCUT2D eigenvalue weighted by Gasteiger charge is -2.23. The molecular weight excluding hydrogens is 178 g/mol. The Hall–Kier alpha value is -0.610. The van der Waals surface area contributed by atoms with Crippen molar-refractivity contribution >= 4 is 5.91 Å². The zero-order chi connectivity index (χ0) is 11.3. The maximum Gasteiger partial charge on any atom is 0.238 e. The molecule has 0 aliphatic rings. The van der Waals surface area contributed by atoms with Gasteiger partial charge in [0.15, 0.2) is 0 Å². The second-order valence-electron chi connectivity index (χ2n) is 4.18. The van der Waals surface area contributed by atoms with E-state index in [1.165, 1.54) is 0 Å². The van der Waals surface area contributed by atoms with Crippen LogP contribution in [0.3, 0.4) is 0 Å². The molecule has 1 amide bonds. The minimum atomic E-state index is -0.104. The van der Waals surface area contributed by atoms with E-state index in [2.05, 4.69) is 17.1 Å². The predicted octanol–water partition coefficient (Wildman–Crippen LogP) is 0.00280. The number of likely N-dealkylation sites (N-methyl/N-ethyl adjacent to an activating group) is 2. The van der Waals surface area contributed by atoms with Gasteiger partial charge >= 0.3 is 0 Å². The molecule has 4 heteroatoms. The molecule has 0 bridgehead atoms. The van der Waals surface area contributed by atoms with Crippen LogP contribution in [0.2, 0.25) is 0 Å². The van der Waals surface area contributed by atoms with Gasteiger partial charge in [0.2, 0.25) is 5.91 Å². The van der Waals surface area contributed by atoms with E-state index < -0.39 is 0 Å². The number of rotatable bonds is 5. The molecule has 0 aliphatic heterocycles. The van der Waals surface area contributed by atoms with Gasteiger partial charge in [-0.1, -0.05) is 0 Å². The van der Waals surface area contributed by atoms with Gasteiger partial charge in [0, 0.05) is 26.7 Å². The summed E-state index contributed by atoms with van der Waals surface area (Å²) < 4.78 is 0. The van der Waals surface area contributed by atoms with Gasteiger partial charge in [0.05, 0.1) is 6.04 Å². The highest BCUT2D eigenvalue weighted by molar-refractivity contribution is 5.80. The van der Waals surface area contributed by atoms with Crippen LogP contribution in [0.1, 0.15) is 13.8 Å². The minimum Gasteiger partial charge on any atom is -0.347 e. The van der Waals surface area contributed by atoms with Crippen LogP contribution < -0.4 is 5.32 Å². The summed E-state index contributed by atoms with van der Waals surface area (Å²) in [6.45, 7) is 4.85. The molecule has 0 spiro atoms. The summed E-state index contributed by atoms with van der Waals surface area (Å²) >= 11 is 0. The first-order valence-corrected chi connectivity index (χ1v) is 4.97. The van der Waals surface area contributed by atoms with E-state index in [9.17, 15) is 4.79 Å². The summed E-state index contributed by atoms with van der Waals surface area (Å²) in [5.74, 6) is 0.121. The van der Waals surface area contributed by atoms with Crippen LogP contribution in [-0.2, 0) is 4.79 Å². The van der Waals surface area contributed by atoms with E-state index in [1.54, 1.807) is 19.0 Å². The van der Waals surface area contributed by atoms with E-state index in [4.69, 9.17) is 0 Å². The smallest absolute Gasteiger partial charge is 0.238 e. The molecule has 0 saturated heterocycles. The van der Waals surface area contributed by atoms with Crippen molar-refractivity contribution in [3.63, 3.8) is 0 Å². The van der Waals surface area contributed by atoms with Crippen molar-refractivity contribution in [1.82, 2.24) is 15.1 Å². The Morgan fingerprint density at radius 2 is 1.71 bits per heavy atom. The molecule has 84 valence electrons. The van der Waals surface area contributed by atoms with Crippen molar-refractivity contribution in [2.24, 2.45) is 0 Å². The van der Waals surface area contributed by atoms with Crippen molar-refractivity contribution in [2.45, 2.75) is 25.9 Å². The predicted molar refractivity (Wildman–Crippen MR) is 59.3 cm³/mol. The Morgan fingerprint density at radius 1 is 1.21 bits per heavy atom. The summed E-state index contributed by atoms with van der Waals surface area (Å²) in [6, 6.07) is 0.333. The van der Waals surface area contributed by atoms with Gasteiger partial charge in [-0.05, 0) is 27.9 Å². The van der Waals surface area contributed by atoms with Gasteiger partial charge in [0.1, 0.15) is 0 Å². The molecule has 0 fully saturated rings. The largest absolute Gasteiger partial charge is 0.347 e. The third kappa shape index (κ3) is 4.58. The van der Waals surface area contributed by atoms with Crippen molar-refractivity contribution in [1.29, 1.82) is 0 Å². The minimum absolute atomic E-state index is 0.104. The maximum atomic E-state index is 11.5. The van der Waals surface area contributed by atoms with Crippen LogP contribution in [0, 0.1) is 0 Å². The van der Waals surface area contributed by atoms with Crippen LogP contribution in [0.15, 0.2) is 0 Å². The molecule has 0 saturated carbocycles. The number of hydrogen-bond donors (Lipinski definition) is 1.